The summed E-state index contributed by atoms with van der Waals surface area (Å²) in [5, 5.41) is 0. The van der Waals surface area contributed by atoms with E-state index in [1.165, 1.54) is 0 Å². The Bertz CT molecular complexity index is 429. The highest BCUT2D eigenvalue weighted by Crippen LogP contribution is 2.16. The fraction of sp³-hybridized carbons (Fsp3) is 0.300. The van der Waals surface area contributed by atoms with E-state index >= 15 is 0 Å². The van der Waals surface area contributed by atoms with Gasteiger partial charge in [0.15, 0.2) is 0 Å². The van der Waals surface area contributed by atoms with Crippen LogP contribution >= 0.6 is 0 Å². The van der Waals surface area contributed by atoms with E-state index in [4.69, 9.17) is 5.73 Å². The van der Waals surface area contributed by atoms with Crippen molar-refractivity contribution in [2.75, 3.05) is 5.73 Å². The van der Waals surface area contributed by atoms with Crippen molar-refractivity contribution in [3.05, 3.63) is 30.4 Å². The van der Waals surface area contributed by atoms with E-state index in [1.54, 1.807) is 0 Å². The van der Waals surface area contributed by atoms with Crippen LogP contribution in [0.4, 0.5) is 5.69 Å². The molecule has 2 aromatic rings. The first-order valence-electron chi connectivity index (χ1n) is 4.41. The molecule has 2 heterocycles. The van der Waals surface area contributed by atoms with Crippen molar-refractivity contribution in [1.82, 2.24) is 9.38 Å². The van der Waals surface area contributed by atoms with Crippen LogP contribution in [0.25, 0.3) is 5.52 Å². The Morgan fingerprint density at radius 2 is 2.23 bits per heavy atom. The second-order valence-corrected chi connectivity index (χ2v) is 3.53. The summed E-state index contributed by atoms with van der Waals surface area (Å²) in [6.07, 6.45) is 3.82. The van der Waals surface area contributed by atoms with Gasteiger partial charge in [-0.25, -0.2) is 4.98 Å². The maximum absolute atomic E-state index is 5.67. The molecule has 0 atom stereocenters. The van der Waals surface area contributed by atoms with Crippen LogP contribution in [-0.4, -0.2) is 9.38 Å². The SMILES string of the molecule is CC(C)c1ncc2cc(N)ccn12. The summed E-state index contributed by atoms with van der Waals surface area (Å²) < 4.78 is 2.07. The van der Waals surface area contributed by atoms with Crippen molar-refractivity contribution in [3.8, 4) is 0 Å². The highest BCUT2D eigenvalue weighted by Gasteiger charge is 2.06. The lowest BCUT2D eigenvalue weighted by molar-refractivity contribution is 0.770. The normalized spacial score (nSPS) is 11.3. The van der Waals surface area contributed by atoms with Crippen LogP contribution in [0, 0.1) is 0 Å². The molecule has 0 saturated heterocycles. The Balaban J connectivity index is 2.69. The number of nitrogens with two attached hydrogens (primary N) is 1. The van der Waals surface area contributed by atoms with Crippen LogP contribution in [0.3, 0.4) is 0 Å². The minimum atomic E-state index is 0.436. The van der Waals surface area contributed by atoms with Crippen LogP contribution in [0.15, 0.2) is 24.5 Å². The highest BCUT2D eigenvalue weighted by atomic mass is 15.0. The standard InChI is InChI=1S/C10H13N3/c1-7(2)10-12-6-9-5-8(11)3-4-13(9)10/h3-7H,11H2,1-2H3. The number of nitrogens with zero attached hydrogens (tertiary/aromatic N) is 2. The molecule has 0 aliphatic heterocycles. The molecule has 0 amide bonds. The first kappa shape index (κ1) is 8.10. The minimum absolute atomic E-state index is 0.436. The van der Waals surface area contributed by atoms with Gasteiger partial charge in [0.2, 0.25) is 0 Å². The van der Waals surface area contributed by atoms with Crippen molar-refractivity contribution < 1.29 is 0 Å². The van der Waals surface area contributed by atoms with Gasteiger partial charge in [0.1, 0.15) is 5.82 Å². The zero-order chi connectivity index (χ0) is 9.42. The van der Waals surface area contributed by atoms with E-state index in [1.807, 2.05) is 24.5 Å². The summed E-state index contributed by atoms with van der Waals surface area (Å²) in [5.74, 6) is 1.51. The molecule has 3 nitrogen and oxygen atoms in total. The maximum atomic E-state index is 5.67. The average Bonchev–Trinajstić information content (AvgIpc) is 2.46. The fourth-order valence-corrected chi connectivity index (χ4v) is 1.46. The Morgan fingerprint density at radius 1 is 1.46 bits per heavy atom. The van der Waals surface area contributed by atoms with E-state index in [0.717, 1.165) is 17.0 Å². The summed E-state index contributed by atoms with van der Waals surface area (Å²) >= 11 is 0. The predicted octanol–water partition coefficient (Wildman–Crippen LogP) is 2.04. The van der Waals surface area contributed by atoms with Crippen molar-refractivity contribution in [1.29, 1.82) is 0 Å². The molecular weight excluding hydrogens is 162 g/mol. The lowest BCUT2D eigenvalue weighted by atomic mass is 10.2. The largest absolute Gasteiger partial charge is 0.399 e. The second kappa shape index (κ2) is 2.76. The van der Waals surface area contributed by atoms with Gasteiger partial charge in [-0.2, -0.15) is 0 Å². The van der Waals surface area contributed by atoms with Crippen molar-refractivity contribution in [2.24, 2.45) is 0 Å². The highest BCUT2D eigenvalue weighted by molar-refractivity contribution is 5.56. The van der Waals surface area contributed by atoms with Crippen molar-refractivity contribution in [2.45, 2.75) is 19.8 Å². The summed E-state index contributed by atoms with van der Waals surface area (Å²) in [6.45, 7) is 4.26. The number of imidazole rings is 1. The molecule has 0 saturated carbocycles. The molecule has 0 aromatic carbocycles. The molecule has 2 rings (SSSR count). The number of pyridine rings is 1. The van der Waals surface area contributed by atoms with Gasteiger partial charge in [-0.3, -0.25) is 0 Å². The molecule has 2 N–H and O–H groups in total. The third kappa shape index (κ3) is 1.26. The van der Waals surface area contributed by atoms with Crippen LogP contribution < -0.4 is 5.73 Å². The van der Waals surface area contributed by atoms with Gasteiger partial charge in [0, 0.05) is 17.8 Å². The van der Waals surface area contributed by atoms with Gasteiger partial charge >= 0.3 is 0 Å². The molecule has 0 bridgehead atoms. The quantitative estimate of drug-likeness (QED) is 0.720. The molecule has 13 heavy (non-hydrogen) atoms. The van der Waals surface area contributed by atoms with E-state index in [0.29, 0.717) is 5.92 Å². The Kier molecular flexibility index (Phi) is 1.72. The fourth-order valence-electron chi connectivity index (χ4n) is 1.46. The van der Waals surface area contributed by atoms with Gasteiger partial charge in [0.05, 0.1) is 11.7 Å². The third-order valence-electron chi connectivity index (χ3n) is 2.10. The predicted molar refractivity (Wildman–Crippen MR) is 53.7 cm³/mol. The minimum Gasteiger partial charge on any atom is -0.399 e. The van der Waals surface area contributed by atoms with Gasteiger partial charge in [-0.1, -0.05) is 13.8 Å². The van der Waals surface area contributed by atoms with E-state index in [2.05, 4.69) is 23.2 Å². The molecule has 0 radical (unpaired) electrons. The van der Waals surface area contributed by atoms with E-state index < -0.39 is 0 Å². The van der Waals surface area contributed by atoms with Gasteiger partial charge in [-0.05, 0) is 12.1 Å². The molecule has 3 heteroatoms. The summed E-state index contributed by atoms with van der Waals surface area (Å²) in [7, 11) is 0. The summed E-state index contributed by atoms with van der Waals surface area (Å²) in [4.78, 5) is 4.34. The summed E-state index contributed by atoms with van der Waals surface area (Å²) in [5.41, 5.74) is 7.51. The number of anilines is 1. The monoisotopic (exact) mass is 175 g/mol. The van der Waals surface area contributed by atoms with E-state index in [9.17, 15) is 0 Å². The van der Waals surface area contributed by atoms with Crippen molar-refractivity contribution >= 4 is 11.2 Å². The van der Waals surface area contributed by atoms with Crippen molar-refractivity contribution in [3.63, 3.8) is 0 Å². The third-order valence-corrected chi connectivity index (χ3v) is 2.10. The topological polar surface area (TPSA) is 43.3 Å². The maximum Gasteiger partial charge on any atom is 0.115 e. The lowest BCUT2D eigenvalue weighted by Crippen LogP contribution is -1.97. The van der Waals surface area contributed by atoms with Crippen LogP contribution in [0.2, 0.25) is 0 Å². The summed E-state index contributed by atoms with van der Waals surface area (Å²) in [6, 6.07) is 3.82. The molecule has 2 aromatic heterocycles. The zero-order valence-electron chi connectivity index (χ0n) is 7.86. The van der Waals surface area contributed by atoms with E-state index in [-0.39, 0.29) is 0 Å². The molecule has 0 aliphatic rings. The molecule has 0 unspecified atom stereocenters. The Hall–Kier alpha value is -1.51. The number of fused-ring (bicyclic) bond motifs is 1. The number of nitrogen functional groups attached to an aromatic ring is 1. The molecule has 0 fully saturated rings. The van der Waals surface area contributed by atoms with Crippen LogP contribution in [-0.2, 0) is 0 Å². The number of rotatable bonds is 1. The smallest absolute Gasteiger partial charge is 0.115 e. The zero-order valence-corrected chi connectivity index (χ0v) is 7.86. The second-order valence-electron chi connectivity index (χ2n) is 3.53. The molecule has 68 valence electrons. The number of hydrogen-bond acceptors (Lipinski definition) is 2. The molecule has 0 spiro atoms. The lowest BCUT2D eigenvalue weighted by Gasteiger charge is -2.03. The molecular formula is C10H13N3. The van der Waals surface area contributed by atoms with Gasteiger partial charge in [0.25, 0.3) is 0 Å². The van der Waals surface area contributed by atoms with Gasteiger partial charge < -0.3 is 10.1 Å². The first-order valence-corrected chi connectivity index (χ1v) is 4.41. The number of hydrogen-bond donors (Lipinski definition) is 1. The van der Waals surface area contributed by atoms with Crippen LogP contribution in [0.5, 0.6) is 0 Å². The van der Waals surface area contributed by atoms with Crippen LogP contribution in [0.1, 0.15) is 25.6 Å². The Labute approximate surface area is 77.2 Å². The van der Waals surface area contributed by atoms with Gasteiger partial charge in [-0.15, -0.1) is 0 Å². The first-order chi connectivity index (χ1) is 6.18. The number of aromatic nitrogens is 2. The Morgan fingerprint density at radius 3 is 2.92 bits per heavy atom. The molecule has 0 aliphatic carbocycles. The average molecular weight is 175 g/mol.